The number of halogens is 2. The largest absolute Gasteiger partial charge is 0.379 e. The third-order valence-corrected chi connectivity index (χ3v) is 5.15. The number of ether oxygens (including phenoxy) is 1. The van der Waals surface area contributed by atoms with Gasteiger partial charge in [-0.05, 0) is 30.7 Å². The minimum atomic E-state index is 0.0714. The topological polar surface area (TPSA) is 41.6 Å². The Morgan fingerprint density at radius 3 is 2.83 bits per heavy atom. The number of thioether (sulfide) groups is 1. The van der Waals surface area contributed by atoms with Gasteiger partial charge in [-0.2, -0.15) is 0 Å². The molecule has 4 nitrogen and oxygen atoms in total. The molecule has 128 valence electrons. The highest BCUT2D eigenvalue weighted by atomic mass is 35.5. The van der Waals surface area contributed by atoms with E-state index in [-0.39, 0.29) is 5.91 Å². The summed E-state index contributed by atoms with van der Waals surface area (Å²) in [5, 5.41) is 4.24. The predicted molar refractivity (Wildman–Crippen MR) is 97.5 cm³/mol. The summed E-state index contributed by atoms with van der Waals surface area (Å²) in [7, 11) is 0. The van der Waals surface area contributed by atoms with Gasteiger partial charge in [-0.1, -0.05) is 29.3 Å². The standard InChI is InChI=1S/C16H22Cl2N2O2S/c17-14-3-2-13(15(18)10-14)11-23-12-16(21)19-4-1-5-20-6-8-22-9-7-20/h2-3,10H,1,4-9,11-12H2,(H,19,21). The number of hydrogen-bond acceptors (Lipinski definition) is 4. The zero-order valence-corrected chi connectivity index (χ0v) is 15.4. The second kappa shape index (κ2) is 10.4. The Hall–Kier alpha value is -0.460. The lowest BCUT2D eigenvalue weighted by Gasteiger charge is -2.26. The Morgan fingerprint density at radius 1 is 1.30 bits per heavy atom. The van der Waals surface area contributed by atoms with Crippen LogP contribution in [0.1, 0.15) is 12.0 Å². The average Bonchev–Trinajstić information content (AvgIpc) is 2.55. The van der Waals surface area contributed by atoms with Crippen molar-refractivity contribution in [3.63, 3.8) is 0 Å². The molecule has 0 radical (unpaired) electrons. The van der Waals surface area contributed by atoms with Crippen LogP contribution in [0.5, 0.6) is 0 Å². The van der Waals surface area contributed by atoms with Gasteiger partial charge in [0.2, 0.25) is 5.91 Å². The van der Waals surface area contributed by atoms with E-state index in [0.29, 0.717) is 21.6 Å². The molecule has 0 saturated carbocycles. The second-order valence-electron chi connectivity index (χ2n) is 5.39. The van der Waals surface area contributed by atoms with E-state index >= 15 is 0 Å². The number of carbonyl (C=O) groups is 1. The van der Waals surface area contributed by atoms with Crippen molar-refractivity contribution in [2.45, 2.75) is 12.2 Å². The third-order valence-electron chi connectivity index (χ3n) is 3.58. The van der Waals surface area contributed by atoms with E-state index in [0.717, 1.165) is 51.4 Å². The van der Waals surface area contributed by atoms with Crippen molar-refractivity contribution < 1.29 is 9.53 Å². The Kier molecular flexibility index (Phi) is 8.55. The van der Waals surface area contributed by atoms with Gasteiger partial charge in [-0.15, -0.1) is 11.8 Å². The number of rotatable bonds is 8. The quantitative estimate of drug-likeness (QED) is 0.707. The van der Waals surface area contributed by atoms with Crippen LogP contribution in [0.15, 0.2) is 18.2 Å². The minimum Gasteiger partial charge on any atom is -0.379 e. The summed E-state index contributed by atoms with van der Waals surface area (Å²) in [6.07, 6.45) is 0.972. The number of morpholine rings is 1. The highest BCUT2D eigenvalue weighted by molar-refractivity contribution is 7.99. The van der Waals surface area contributed by atoms with E-state index in [1.54, 1.807) is 17.8 Å². The molecule has 1 aromatic rings. The van der Waals surface area contributed by atoms with Gasteiger partial charge in [0.1, 0.15) is 0 Å². The van der Waals surface area contributed by atoms with Crippen molar-refractivity contribution in [1.82, 2.24) is 10.2 Å². The zero-order chi connectivity index (χ0) is 16.5. The third kappa shape index (κ3) is 7.31. The van der Waals surface area contributed by atoms with Gasteiger partial charge < -0.3 is 10.1 Å². The summed E-state index contributed by atoms with van der Waals surface area (Å²) in [6.45, 7) is 5.35. The van der Waals surface area contributed by atoms with Gasteiger partial charge in [0.15, 0.2) is 0 Å². The molecule has 1 aromatic carbocycles. The zero-order valence-electron chi connectivity index (χ0n) is 13.0. The molecule has 1 aliphatic rings. The molecule has 1 amide bonds. The predicted octanol–water partition coefficient (Wildman–Crippen LogP) is 3.07. The van der Waals surface area contributed by atoms with Crippen molar-refractivity contribution in [1.29, 1.82) is 0 Å². The van der Waals surface area contributed by atoms with E-state index in [9.17, 15) is 4.79 Å². The molecular formula is C16H22Cl2N2O2S. The van der Waals surface area contributed by atoms with Gasteiger partial charge in [-0.25, -0.2) is 0 Å². The van der Waals surface area contributed by atoms with Crippen molar-refractivity contribution in [2.75, 3.05) is 45.1 Å². The van der Waals surface area contributed by atoms with Crippen LogP contribution in [0, 0.1) is 0 Å². The van der Waals surface area contributed by atoms with Crippen molar-refractivity contribution >= 4 is 40.9 Å². The van der Waals surface area contributed by atoms with Crippen LogP contribution < -0.4 is 5.32 Å². The number of nitrogens with zero attached hydrogens (tertiary/aromatic N) is 1. The van der Waals surface area contributed by atoms with Gasteiger partial charge in [-0.3, -0.25) is 9.69 Å². The van der Waals surface area contributed by atoms with E-state index in [2.05, 4.69) is 10.2 Å². The fourth-order valence-corrected chi connectivity index (χ4v) is 3.71. The fourth-order valence-electron chi connectivity index (χ4n) is 2.30. The second-order valence-corrected chi connectivity index (χ2v) is 7.22. The van der Waals surface area contributed by atoms with Gasteiger partial charge >= 0.3 is 0 Å². The smallest absolute Gasteiger partial charge is 0.230 e. The number of carbonyl (C=O) groups excluding carboxylic acids is 1. The Labute approximate surface area is 151 Å². The van der Waals surface area contributed by atoms with Crippen LogP contribution >= 0.6 is 35.0 Å². The normalized spacial score (nSPS) is 15.6. The molecule has 0 unspecified atom stereocenters. The van der Waals surface area contributed by atoms with E-state index < -0.39 is 0 Å². The molecule has 2 rings (SSSR count). The first-order chi connectivity index (χ1) is 11.1. The average molecular weight is 377 g/mol. The first-order valence-corrected chi connectivity index (χ1v) is 9.64. The van der Waals surface area contributed by atoms with Crippen LogP contribution in [-0.4, -0.2) is 56.0 Å². The highest BCUT2D eigenvalue weighted by Gasteiger charge is 2.09. The summed E-state index contributed by atoms with van der Waals surface area (Å²) in [5.41, 5.74) is 1.00. The van der Waals surface area contributed by atoms with Gasteiger partial charge in [0, 0.05) is 35.4 Å². The fraction of sp³-hybridized carbons (Fsp3) is 0.562. The number of hydrogen-bond donors (Lipinski definition) is 1. The maximum Gasteiger partial charge on any atom is 0.230 e. The van der Waals surface area contributed by atoms with E-state index in [4.69, 9.17) is 27.9 Å². The summed E-state index contributed by atoms with van der Waals surface area (Å²) < 4.78 is 5.31. The van der Waals surface area contributed by atoms with Crippen molar-refractivity contribution in [3.8, 4) is 0 Å². The van der Waals surface area contributed by atoms with Gasteiger partial charge in [0.25, 0.3) is 0 Å². The Morgan fingerprint density at radius 2 is 2.09 bits per heavy atom. The van der Waals surface area contributed by atoms with Crippen LogP contribution in [0.4, 0.5) is 0 Å². The number of nitrogens with one attached hydrogen (secondary N) is 1. The molecule has 0 aromatic heterocycles. The number of benzene rings is 1. The molecule has 0 bridgehead atoms. The monoisotopic (exact) mass is 376 g/mol. The molecule has 1 N–H and O–H groups in total. The van der Waals surface area contributed by atoms with Crippen LogP contribution in [0.3, 0.4) is 0 Å². The number of amides is 1. The maximum atomic E-state index is 11.8. The van der Waals surface area contributed by atoms with Crippen LogP contribution in [0.25, 0.3) is 0 Å². The summed E-state index contributed by atoms with van der Waals surface area (Å²) in [4.78, 5) is 14.2. The summed E-state index contributed by atoms with van der Waals surface area (Å²) in [5.74, 6) is 1.22. The minimum absolute atomic E-state index is 0.0714. The summed E-state index contributed by atoms with van der Waals surface area (Å²) in [6, 6.07) is 5.44. The van der Waals surface area contributed by atoms with E-state index in [1.165, 1.54) is 0 Å². The Balaban J connectivity index is 1.54. The molecule has 1 fully saturated rings. The maximum absolute atomic E-state index is 11.8. The van der Waals surface area contributed by atoms with Crippen molar-refractivity contribution in [2.24, 2.45) is 0 Å². The van der Waals surface area contributed by atoms with E-state index in [1.807, 2.05) is 12.1 Å². The molecule has 7 heteroatoms. The highest BCUT2D eigenvalue weighted by Crippen LogP contribution is 2.24. The Bertz CT molecular complexity index is 511. The van der Waals surface area contributed by atoms with Crippen LogP contribution in [-0.2, 0) is 15.3 Å². The molecule has 0 atom stereocenters. The molecule has 1 saturated heterocycles. The van der Waals surface area contributed by atoms with Crippen LogP contribution in [0.2, 0.25) is 10.0 Å². The molecule has 1 aliphatic heterocycles. The summed E-state index contributed by atoms with van der Waals surface area (Å²) >= 11 is 13.5. The van der Waals surface area contributed by atoms with Gasteiger partial charge in [0.05, 0.1) is 19.0 Å². The first-order valence-electron chi connectivity index (χ1n) is 7.73. The molecular weight excluding hydrogens is 355 g/mol. The molecule has 0 spiro atoms. The lowest BCUT2D eigenvalue weighted by atomic mass is 10.2. The molecule has 1 heterocycles. The molecule has 23 heavy (non-hydrogen) atoms. The first kappa shape index (κ1) is 18.9. The molecule has 0 aliphatic carbocycles. The van der Waals surface area contributed by atoms with Crippen molar-refractivity contribution in [3.05, 3.63) is 33.8 Å². The lowest BCUT2D eigenvalue weighted by Crippen LogP contribution is -2.38. The lowest BCUT2D eigenvalue weighted by molar-refractivity contribution is -0.118. The SMILES string of the molecule is O=C(CSCc1ccc(Cl)cc1Cl)NCCCN1CCOCC1.